The van der Waals surface area contributed by atoms with Crippen molar-refractivity contribution in [3.63, 3.8) is 0 Å². The number of hydrogen-bond acceptors (Lipinski definition) is 13. The van der Waals surface area contributed by atoms with Gasteiger partial charge in [0.2, 0.25) is 5.91 Å². The summed E-state index contributed by atoms with van der Waals surface area (Å²) in [4.78, 5) is 64.2. The van der Waals surface area contributed by atoms with Crippen molar-refractivity contribution in [3.8, 4) is 11.3 Å². The lowest BCUT2D eigenvalue weighted by atomic mass is 9.73. The number of hydrogen-bond donors (Lipinski definition) is 2. The summed E-state index contributed by atoms with van der Waals surface area (Å²) in [5.41, 5.74) is 14.1. The van der Waals surface area contributed by atoms with E-state index in [2.05, 4.69) is 99.9 Å². The Balaban J connectivity index is 0.906. The van der Waals surface area contributed by atoms with Gasteiger partial charge in [-0.3, -0.25) is 39.2 Å². The van der Waals surface area contributed by atoms with Crippen LogP contribution in [0.1, 0.15) is 126 Å². The van der Waals surface area contributed by atoms with E-state index < -0.39 is 23.5 Å². The second-order valence-corrected chi connectivity index (χ2v) is 23.3. The third-order valence-electron chi connectivity index (χ3n) is 18.0. The number of ether oxygens (including phenoxy) is 3. The number of esters is 1. The molecule has 5 fully saturated rings. The van der Waals surface area contributed by atoms with Crippen LogP contribution in [0.15, 0.2) is 42.7 Å². The number of amides is 2. The molecule has 6 aliphatic heterocycles. The van der Waals surface area contributed by atoms with Crippen LogP contribution in [-0.2, 0) is 48.0 Å². The number of benzene rings is 1. The molecule has 16 nitrogen and oxygen atoms in total. The van der Waals surface area contributed by atoms with Gasteiger partial charge in [-0.05, 0) is 125 Å². The fourth-order valence-corrected chi connectivity index (χ4v) is 14.0. The van der Waals surface area contributed by atoms with Gasteiger partial charge in [-0.25, -0.2) is 5.43 Å². The first kappa shape index (κ1) is 48.8. The highest BCUT2D eigenvalue weighted by molar-refractivity contribution is 5.95. The SMILES string of the molecule is CCn1c(-c2cc(N3CCN(C4CC4)CC3)cnc2[C@H](C)OC)c2c3cc(ccc31)N1CCO[C@@H](C[C@H](NC(=O)[C@@H]3C(C)c4ccnc5c4[C@@H]4[C@H](CC5)CCN34)C(=O)N3CCC[C@H](N3)C(=O)OCC(C)(C)C2)C1. The first-order valence-corrected chi connectivity index (χ1v) is 27.7. The van der Waals surface area contributed by atoms with E-state index in [0.717, 1.165) is 104 Å². The van der Waals surface area contributed by atoms with Crippen LogP contribution >= 0.6 is 0 Å². The maximum absolute atomic E-state index is 15.0. The molecule has 8 atom stereocenters. The number of morpholine rings is 1. The summed E-state index contributed by atoms with van der Waals surface area (Å²) in [7, 11) is 1.75. The molecule has 4 aromatic rings. The van der Waals surface area contributed by atoms with Gasteiger partial charge in [0.1, 0.15) is 12.1 Å². The fourth-order valence-electron chi connectivity index (χ4n) is 14.0. The predicted octanol–water partition coefficient (Wildman–Crippen LogP) is 6.31. The minimum atomic E-state index is -0.894. The van der Waals surface area contributed by atoms with Crippen LogP contribution in [-0.4, -0.2) is 150 Å². The average molecular weight is 997 g/mol. The third kappa shape index (κ3) is 9.00. The number of piperazine rings is 1. The summed E-state index contributed by atoms with van der Waals surface area (Å²) in [6.07, 6.45) is 11.1. The molecule has 1 saturated carbocycles. The Morgan fingerprint density at radius 1 is 0.973 bits per heavy atom. The number of aryl methyl sites for hydroxylation is 2. The lowest BCUT2D eigenvalue weighted by Gasteiger charge is -2.46. The van der Waals surface area contributed by atoms with Crippen molar-refractivity contribution in [2.45, 2.75) is 147 Å². The second kappa shape index (κ2) is 19.5. The first-order valence-electron chi connectivity index (χ1n) is 27.7. The molecular formula is C57H76N10O6. The molecule has 8 aliphatic rings. The van der Waals surface area contributed by atoms with Crippen LogP contribution in [0.3, 0.4) is 0 Å². The summed E-state index contributed by atoms with van der Waals surface area (Å²) in [5, 5.41) is 6.06. The van der Waals surface area contributed by atoms with Crippen LogP contribution in [0.4, 0.5) is 11.4 Å². The molecule has 4 saturated heterocycles. The highest BCUT2D eigenvalue weighted by Gasteiger charge is 2.52. The van der Waals surface area contributed by atoms with Crippen molar-refractivity contribution in [3.05, 3.63) is 70.8 Å². The van der Waals surface area contributed by atoms with Crippen LogP contribution < -0.4 is 20.5 Å². The van der Waals surface area contributed by atoms with Gasteiger partial charge < -0.3 is 33.9 Å². The molecule has 390 valence electrons. The zero-order valence-corrected chi connectivity index (χ0v) is 43.9. The van der Waals surface area contributed by atoms with E-state index in [9.17, 15) is 9.59 Å². The standard InChI is InChI=1S/C57H76N10O6/c1-7-65-48-15-13-38-27-42(48)44(53(65)43-28-39(31-59-50(43)35(3)71-6)63-23-21-62(22-24-63)37-11-12-37)30-57(4,5)33-73-56(70)46-9-8-19-67(61-46)55(69)47(29-40-32-64(38)25-26-72-40)60-54(68)51-34(2)41-16-18-58-45-14-10-36-17-20-66(51)52(36)49(41)45/h13,15-16,18,27-28,31,34-37,40,46-47,51-52,61H,7-12,14,17,19-26,29-30,32-33H2,1-6H3,(H,60,68)/t34?,35-,36+,40-,46-,47-,51-,52-/m0/s1. The molecule has 6 bridgehead atoms. The lowest BCUT2D eigenvalue weighted by Crippen LogP contribution is -2.63. The zero-order valence-electron chi connectivity index (χ0n) is 43.9. The number of cyclic esters (lactones) is 1. The summed E-state index contributed by atoms with van der Waals surface area (Å²) in [6.45, 7) is 18.7. The Kier molecular flexibility index (Phi) is 13.1. The van der Waals surface area contributed by atoms with Crippen LogP contribution in [0, 0.1) is 11.3 Å². The highest BCUT2D eigenvalue weighted by Crippen LogP contribution is 2.53. The van der Waals surface area contributed by atoms with Gasteiger partial charge in [0.05, 0.1) is 54.7 Å². The molecule has 0 radical (unpaired) electrons. The molecule has 12 rings (SSSR count). The Morgan fingerprint density at radius 3 is 2.60 bits per heavy atom. The molecule has 2 aliphatic carbocycles. The average Bonchev–Trinajstić information content (AvgIpc) is 4.11. The molecule has 9 heterocycles. The van der Waals surface area contributed by atoms with Crippen molar-refractivity contribution in [1.29, 1.82) is 0 Å². The van der Waals surface area contributed by atoms with E-state index >= 15 is 4.79 Å². The molecule has 73 heavy (non-hydrogen) atoms. The second-order valence-electron chi connectivity index (χ2n) is 23.3. The monoisotopic (exact) mass is 997 g/mol. The van der Waals surface area contributed by atoms with E-state index in [0.29, 0.717) is 51.4 Å². The Hall–Kier alpha value is -5.13. The lowest BCUT2D eigenvalue weighted by molar-refractivity contribution is -0.156. The van der Waals surface area contributed by atoms with Crippen molar-refractivity contribution < 1.29 is 28.6 Å². The zero-order chi connectivity index (χ0) is 50.3. The maximum atomic E-state index is 15.0. The van der Waals surface area contributed by atoms with Gasteiger partial charge in [0, 0.05) is 123 Å². The first-order chi connectivity index (χ1) is 35.4. The molecule has 3 aromatic heterocycles. The molecule has 1 aromatic carbocycles. The number of rotatable bonds is 8. The van der Waals surface area contributed by atoms with Gasteiger partial charge in [0.25, 0.3) is 5.91 Å². The minimum Gasteiger partial charge on any atom is -0.464 e. The quantitative estimate of drug-likeness (QED) is 0.190. The Bertz CT molecular complexity index is 2770. The Morgan fingerprint density at radius 2 is 1.81 bits per heavy atom. The van der Waals surface area contributed by atoms with Gasteiger partial charge in [0.15, 0.2) is 0 Å². The van der Waals surface area contributed by atoms with Gasteiger partial charge in [-0.1, -0.05) is 20.8 Å². The van der Waals surface area contributed by atoms with Gasteiger partial charge in [-0.2, -0.15) is 0 Å². The Labute approximate surface area is 430 Å². The van der Waals surface area contributed by atoms with Gasteiger partial charge in [-0.15, -0.1) is 0 Å². The van der Waals surface area contributed by atoms with Crippen molar-refractivity contribution in [2.75, 3.05) is 82.5 Å². The summed E-state index contributed by atoms with van der Waals surface area (Å²) in [5.74, 6) is -0.376. The summed E-state index contributed by atoms with van der Waals surface area (Å²) < 4.78 is 21.4. The van der Waals surface area contributed by atoms with E-state index in [1.54, 1.807) is 12.1 Å². The smallest absolute Gasteiger partial charge is 0.324 e. The summed E-state index contributed by atoms with van der Waals surface area (Å²) in [6, 6.07) is 10.1. The fraction of sp³-hybridized carbons (Fsp3) is 0.632. The number of methoxy groups -OCH3 is 1. The van der Waals surface area contributed by atoms with Crippen LogP contribution in [0.5, 0.6) is 0 Å². The predicted molar refractivity (Wildman–Crippen MR) is 280 cm³/mol. The molecule has 0 spiro atoms. The van der Waals surface area contributed by atoms with Crippen LogP contribution in [0.2, 0.25) is 0 Å². The van der Waals surface area contributed by atoms with E-state index in [1.165, 1.54) is 35.2 Å². The van der Waals surface area contributed by atoms with Gasteiger partial charge >= 0.3 is 5.97 Å². The number of carbonyl (C=O) groups is 3. The normalized spacial score (nSPS) is 29.2. The van der Waals surface area contributed by atoms with Crippen molar-refractivity contribution in [2.24, 2.45) is 11.3 Å². The largest absolute Gasteiger partial charge is 0.464 e. The number of aromatic nitrogens is 3. The number of nitrogens with zero attached hydrogens (tertiary/aromatic N) is 8. The topological polar surface area (TPSA) is 150 Å². The highest BCUT2D eigenvalue weighted by atomic mass is 16.5. The third-order valence-corrected chi connectivity index (χ3v) is 18.0. The number of anilines is 2. The van der Waals surface area contributed by atoms with E-state index in [4.69, 9.17) is 24.2 Å². The maximum Gasteiger partial charge on any atom is 0.324 e. The van der Waals surface area contributed by atoms with Crippen molar-refractivity contribution in [1.82, 2.24) is 40.1 Å². The summed E-state index contributed by atoms with van der Waals surface area (Å²) >= 11 is 0. The molecule has 16 heteroatoms. The number of fused-ring (bicyclic) bond motifs is 6. The molecule has 2 amide bonds. The number of pyridine rings is 2. The number of carbonyl (C=O) groups excluding carboxylic acids is 3. The van der Waals surface area contributed by atoms with Crippen molar-refractivity contribution >= 4 is 40.1 Å². The van der Waals surface area contributed by atoms with E-state index in [-0.39, 0.29) is 55.0 Å². The number of nitrogens with one attached hydrogen (secondary N) is 2. The minimum absolute atomic E-state index is 0.0806. The van der Waals surface area contributed by atoms with E-state index in [1.807, 2.05) is 12.4 Å². The molecule has 2 N–H and O–H groups in total. The number of hydrazine groups is 1. The molecular weight excluding hydrogens is 921 g/mol. The molecule has 1 unspecified atom stereocenters. The van der Waals surface area contributed by atoms with Crippen LogP contribution in [0.25, 0.3) is 22.2 Å².